The van der Waals surface area contributed by atoms with E-state index in [1.165, 1.54) is 89.5 Å². The summed E-state index contributed by atoms with van der Waals surface area (Å²) in [5.41, 5.74) is 5.30. The quantitative estimate of drug-likeness (QED) is 0.133. The van der Waals surface area contributed by atoms with Gasteiger partial charge in [-0.15, -0.1) is 0 Å². The van der Waals surface area contributed by atoms with Crippen LogP contribution in [0.15, 0.2) is 12.2 Å². The number of carbonyl (C=O) groups is 3. The molecule has 7 heteroatoms. The first-order valence-corrected chi connectivity index (χ1v) is 13.3. The Labute approximate surface area is 208 Å². The van der Waals surface area contributed by atoms with Gasteiger partial charge in [0.25, 0.3) is 0 Å². The summed E-state index contributed by atoms with van der Waals surface area (Å²) < 4.78 is 0. The zero-order valence-electron chi connectivity index (χ0n) is 22.1. The van der Waals surface area contributed by atoms with Gasteiger partial charge in [0.2, 0.25) is 5.91 Å². The van der Waals surface area contributed by atoms with E-state index in [0.29, 0.717) is 19.4 Å². The number of allylic oxidation sites excluding steroid dienone is 2. The molecule has 0 aliphatic heterocycles. The van der Waals surface area contributed by atoms with E-state index in [1.807, 2.05) is 0 Å². The van der Waals surface area contributed by atoms with E-state index in [9.17, 15) is 14.4 Å². The van der Waals surface area contributed by atoms with E-state index in [2.05, 4.69) is 19.1 Å². The number of nitrogens with two attached hydrogens (primary N) is 1. The predicted octanol–water partition coefficient (Wildman–Crippen LogP) is 6.16. The van der Waals surface area contributed by atoms with Crippen LogP contribution in [-0.2, 0) is 14.4 Å². The summed E-state index contributed by atoms with van der Waals surface area (Å²) in [6, 6.07) is -0.723. The van der Waals surface area contributed by atoms with Crippen molar-refractivity contribution >= 4 is 17.8 Å². The van der Waals surface area contributed by atoms with E-state index in [0.717, 1.165) is 25.7 Å². The van der Waals surface area contributed by atoms with E-state index in [-0.39, 0.29) is 5.91 Å². The van der Waals surface area contributed by atoms with Crippen LogP contribution in [0.4, 0.5) is 0 Å². The summed E-state index contributed by atoms with van der Waals surface area (Å²) in [6.07, 6.45) is 23.2. The molecule has 0 heterocycles. The molecule has 1 amide bonds. The van der Waals surface area contributed by atoms with Crippen LogP contribution in [0.5, 0.6) is 0 Å². The van der Waals surface area contributed by atoms with Gasteiger partial charge in [0.1, 0.15) is 6.04 Å². The van der Waals surface area contributed by atoms with Crippen LogP contribution in [0.1, 0.15) is 123 Å². The third-order valence-electron chi connectivity index (χ3n) is 5.83. The second-order valence-corrected chi connectivity index (χ2v) is 9.00. The highest BCUT2D eigenvalue weighted by molar-refractivity contribution is 5.81. The Bertz CT molecular complexity index is 537. The van der Waals surface area contributed by atoms with Gasteiger partial charge in [-0.1, -0.05) is 70.4 Å². The Hall–Kier alpha value is -1.89. The standard InChI is InChI=1S/C18H34O2.C9H18N2O3/c1-2-3-4-5-6-7-8-9-10-11-12-13-14-15-16-17-18(19)20;1-7(12)11(2)8(9(13)14)5-3-4-6-10/h9-10H,2-8,11-17H2,1H3,(H,19,20);8H,3-6,10H2,1-2H3,(H,13,14)/b10-9-;. The van der Waals surface area contributed by atoms with Crippen LogP contribution < -0.4 is 5.73 Å². The van der Waals surface area contributed by atoms with Gasteiger partial charge in [-0.2, -0.15) is 0 Å². The van der Waals surface area contributed by atoms with Gasteiger partial charge in [-0.25, -0.2) is 4.79 Å². The molecule has 0 bridgehead atoms. The zero-order valence-corrected chi connectivity index (χ0v) is 22.1. The summed E-state index contributed by atoms with van der Waals surface area (Å²) in [5, 5.41) is 17.4. The number of carbonyl (C=O) groups excluding carboxylic acids is 1. The van der Waals surface area contributed by atoms with Crippen LogP contribution in [0, 0.1) is 0 Å². The normalized spacial score (nSPS) is 11.6. The molecule has 1 unspecified atom stereocenters. The SMILES string of the molecule is CC(=O)N(C)C(CCCCN)C(=O)O.CCCCCCCC/C=C\CCCCCCCC(=O)O. The van der Waals surface area contributed by atoms with Crippen molar-refractivity contribution in [2.75, 3.05) is 13.6 Å². The lowest BCUT2D eigenvalue weighted by Crippen LogP contribution is -2.41. The number of carboxylic acids is 2. The van der Waals surface area contributed by atoms with Crippen molar-refractivity contribution in [3.05, 3.63) is 12.2 Å². The van der Waals surface area contributed by atoms with Crippen molar-refractivity contribution in [3.63, 3.8) is 0 Å². The number of hydrogen-bond donors (Lipinski definition) is 3. The van der Waals surface area contributed by atoms with Crippen LogP contribution in [0.2, 0.25) is 0 Å². The minimum atomic E-state index is -0.959. The van der Waals surface area contributed by atoms with E-state index in [1.54, 1.807) is 0 Å². The second kappa shape index (κ2) is 25.7. The monoisotopic (exact) mass is 484 g/mol. The molecule has 200 valence electrons. The Kier molecular flexibility index (Phi) is 25.9. The Balaban J connectivity index is 0. The number of hydrogen-bond acceptors (Lipinski definition) is 4. The Morgan fingerprint density at radius 2 is 1.29 bits per heavy atom. The van der Waals surface area contributed by atoms with Crippen molar-refractivity contribution in [3.8, 4) is 0 Å². The van der Waals surface area contributed by atoms with Crippen molar-refractivity contribution < 1.29 is 24.6 Å². The third kappa shape index (κ3) is 24.7. The smallest absolute Gasteiger partial charge is 0.326 e. The largest absolute Gasteiger partial charge is 0.481 e. The molecule has 0 fully saturated rings. The molecule has 0 rings (SSSR count). The fraction of sp³-hybridized carbons (Fsp3) is 0.815. The molecule has 0 aromatic carbocycles. The Morgan fingerprint density at radius 3 is 1.74 bits per heavy atom. The molecule has 0 radical (unpaired) electrons. The second-order valence-electron chi connectivity index (χ2n) is 9.00. The van der Waals surface area contributed by atoms with Gasteiger partial charge < -0.3 is 20.8 Å². The number of nitrogens with zero attached hydrogens (tertiary/aromatic N) is 1. The first kappa shape index (κ1) is 34.3. The lowest BCUT2D eigenvalue weighted by atomic mass is 10.1. The Morgan fingerprint density at radius 1 is 0.794 bits per heavy atom. The van der Waals surface area contributed by atoms with Gasteiger partial charge in [0.05, 0.1) is 0 Å². The summed E-state index contributed by atoms with van der Waals surface area (Å²) >= 11 is 0. The number of aliphatic carboxylic acids is 2. The summed E-state index contributed by atoms with van der Waals surface area (Å²) in [4.78, 5) is 33.3. The number of carboxylic acid groups (broad SMARTS) is 2. The summed E-state index contributed by atoms with van der Waals surface area (Å²) in [6.45, 7) is 4.17. The number of amides is 1. The van der Waals surface area contributed by atoms with Crippen molar-refractivity contribution in [1.82, 2.24) is 4.90 Å². The molecule has 0 aromatic rings. The molecule has 1 atom stereocenters. The van der Waals surface area contributed by atoms with Gasteiger partial charge in [0, 0.05) is 20.4 Å². The highest BCUT2D eigenvalue weighted by Crippen LogP contribution is 2.10. The van der Waals surface area contributed by atoms with Crippen LogP contribution in [0.3, 0.4) is 0 Å². The fourth-order valence-corrected chi connectivity index (χ4v) is 3.53. The number of rotatable bonds is 21. The van der Waals surface area contributed by atoms with Crippen molar-refractivity contribution in [2.45, 2.75) is 129 Å². The molecule has 0 spiro atoms. The van der Waals surface area contributed by atoms with Gasteiger partial charge >= 0.3 is 11.9 Å². The highest BCUT2D eigenvalue weighted by atomic mass is 16.4. The lowest BCUT2D eigenvalue weighted by Gasteiger charge is -2.23. The first-order chi connectivity index (χ1) is 16.3. The average Bonchev–Trinajstić information content (AvgIpc) is 2.79. The summed E-state index contributed by atoms with van der Waals surface area (Å²) in [5.74, 6) is -1.85. The molecule has 0 aliphatic carbocycles. The fourth-order valence-electron chi connectivity index (χ4n) is 3.53. The maximum atomic E-state index is 11.0. The summed E-state index contributed by atoms with van der Waals surface area (Å²) in [7, 11) is 1.50. The minimum Gasteiger partial charge on any atom is -0.481 e. The van der Waals surface area contributed by atoms with Crippen LogP contribution in [0.25, 0.3) is 0 Å². The van der Waals surface area contributed by atoms with Crippen molar-refractivity contribution in [1.29, 1.82) is 0 Å². The van der Waals surface area contributed by atoms with Gasteiger partial charge in [-0.3, -0.25) is 9.59 Å². The van der Waals surface area contributed by atoms with E-state index < -0.39 is 18.0 Å². The molecular formula is C27H52N2O5. The first-order valence-electron chi connectivity index (χ1n) is 13.3. The maximum absolute atomic E-state index is 11.0. The molecule has 0 saturated heterocycles. The van der Waals surface area contributed by atoms with Crippen molar-refractivity contribution in [2.24, 2.45) is 5.73 Å². The number of unbranched alkanes of at least 4 members (excludes halogenated alkanes) is 12. The van der Waals surface area contributed by atoms with Crippen LogP contribution >= 0.6 is 0 Å². The molecule has 0 saturated carbocycles. The predicted molar refractivity (Wildman–Crippen MR) is 140 cm³/mol. The maximum Gasteiger partial charge on any atom is 0.326 e. The van der Waals surface area contributed by atoms with E-state index >= 15 is 0 Å². The molecule has 34 heavy (non-hydrogen) atoms. The molecular weight excluding hydrogens is 432 g/mol. The van der Waals surface area contributed by atoms with Gasteiger partial charge in [-0.05, 0) is 57.9 Å². The third-order valence-corrected chi connectivity index (χ3v) is 5.83. The molecule has 7 nitrogen and oxygen atoms in total. The van der Waals surface area contributed by atoms with Gasteiger partial charge in [0.15, 0.2) is 0 Å². The zero-order chi connectivity index (χ0) is 26.0. The van der Waals surface area contributed by atoms with Crippen LogP contribution in [-0.4, -0.2) is 52.6 Å². The average molecular weight is 485 g/mol. The molecule has 0 aliphatic rings. The topological polar surface area (TPSA) is 121 Å². The highest BCUT2D eigenvalue weighted by Gasteiger charge is 2.23. The minimum absolute atomic E-state index is 0.231. The molecule has 4 N–H and O–H groups in total. The van der Waals surface area contributed by atoms with E-state index in [4.69, 9.17) is 15.9 Å². The lowest BCUT2D eigenvalue weighted by molar-refractivity contribution is -0.148. The number of likely N-dealkylation sites (N-methyl/N-ethyl adjacent to an activating group) is 1. The molecule has 0 aromatic heterocycles.